The van der Waals surface area contributed by atoms with Crippen LogP contribution in [-0.2, 0) is 0 Å². The maximum absolute atomic E-state index is 4.80. The Hall–Kier alpha value is -1.32. The Labute approximate surface area is 123 Å². The number of rotatable bonds is 8. The molecule has 0 unspecified atom stereocenters. The summed E-state index contributed by atoms with van der Waals surface area (Å²) in [5.74, 6) is 3.66. The van der Waals surface area contributed by atoms with E-state index in [0.29, 0.717) is 12.0 Å². The molecular formula is C16H28N4. The van der Waals surface area contributed by atoms with Gasteiger partial charge in [0.1, 0.15) is 17.5 Å². The summed E-state index contributed by atoms with van der Waals surface area (Å²) in [6, 6.07) is 2.65. The van der Waals surface area contributed by atoms with Crippen molar-refractivity contribution in [1.29, 1.82) is 0 Å². The van der Waals surface area contributed by atoms with Crippen molar-refractivity contribution in [2.75, 3.05) is 23.8 Å². The first-order valence-corrected chi connectivity index (χ1v) is 8.05. The molecule has 1 fully saturated rings. The van der Waals surface area contributed by atoms with Gasteiger partial charge in [-0.3, -0.25) is 0 Å². The van der Waals surface area contributed by atoms with E-state index in [4.69, 9.17) is 4.98 Å². The molecule has 0 aromatic carbocycles. The van der Waals surface area contributed by atoms with Crippen molar-refractivity contribution < 1.29 is 0 Å². The van der Waals surface area contributed by atoms with Crippen LogP contribution in [0.15, 0.2) is 6.07 Å². The molecule has 1 saturated carbocycles. The van der Waals surface area contributed by atoms with Crippen LogP contribution in [-0.4, -0.2) is 29.6 Å². The number of hydrogen-bond donors (Lipinski definition) is 1. The highest BCUT2D eigenvalue weighted by Gasteiger charge is 2.28. The van der Waals surface area contributed by atoms with E-state index in [0.717, 1.165) is 43.3 Å². The molecule has 2 rings (SSSR count). The zero-order chi connectivity index (χ0) is 14.5. The summed E-state index contributed by atoms with van der Waals surface area (Å²) >= 11 is 0. The molecule has 0 saturated heterocycles. The van der Waals surface area contributed by atoms with Gasteiger partial charge in [-0.25, -0.2) is 9.97 Å². The highest BCUT2D eigenvalue weighted by molar-refractivity contribution is 5.50. The average molecular weight is 276 g/mol. The fourth-order valence-corrected chi connectivity index (χ4v) is 2.52. The van der Waals surface area contributed by atoms with Gasteiger partial charge in [0.25, 0.3) is 0 Å². The third-order valence-corrected chi connectivity index (χ3v) is 4.08. The van der Waals surface area contributed by atoms with Crippen molar-refractivity contribution >= 4 is 11.6 Å². The second kappa shape index (κ2) is 6.91. The minimum absolute atomic E-state index is 0.552. The fourth-order valence-electron chi connectivity index (χ4n) is 2.52. The van der Waals surface area contributed by atoms with E-state index in [1.165, 1.54) is 12.8 Å². The molecule has 20 heavy (non-hydrogen) atoms. The number of nitrogens with one attached hydrogen (secondary N) is 1. The van der Waals surface area contributed by atoms with Crippen molar-refractivity contribution in [3.8, 4) is 0 Å². The maximum atomic E-state index is 4.80. The molecule has 1 aliphatic rings. The molecule has 4 nitrogen and oxygen atoms in total. The third-order valence-electron chi connectivity index (χ3n) is 4.08. The van der Waals surface area contributed by atoms with Crippen LogP contribution in [0.25, 0.3) is 0 Å². The standard InChI is InChI=1S/C16H28N4/c1-5-10-17-14-11-15(20(4)13(6-2)7-3)19-16(18-14)12-8-9-12/h11-13H,5-10H2,1-4H3,(H,17,18,19). The number of hydrogen-bond acceptors (Lipinski definition) is 4. The van der Waals surface area contributed by atoms with Gasteiger partial charge in [0, 0.05) is 31.6 Å². The van der Waals surface area contributed by atoms with E-state index in [-0.39, 0.29) is 0 Å². The Balaban J connectivity index is 2.23. The lowest BCUT2D eigenvalue weighted by Crippen LogP contribution is -2.31. The molecule has 0 atom stereocenters. The summed E-state index contributed by atoms with van der Waals surface area (Å²) in [5.41, 5.74) is 0. The van der Waals surface area contributed by atoms with Crippen LogP contribution in [0, 0.1) is 0 Å². The van der Waals surface area contributed by atoms with Crippen LogP contribution in [0.1, 0.15) is 64.6 Å². The highest BCUT2D eigenvalue weighted by Crippen LogP contribution is 2.39. The molecule has 112 valence electrons. The minimum atomic E-state index is 0.552. The quantitative estimate of drug-likeness (QED) is 0.784. The molecule has 0 amide bonds. The van der Waals surface area contributed by atoms with Crippen LogP contribution in [0.3, 0.4) is 0 Å². The highest BCUT2D eigenvalue weighted by atomic mass is 15.2. The fraction of sp³-hybridized carbons (Fsp3) is 0.750. The number of anilines is 2. The van der Waals surface area contributed by atoms with Gasteiger partial charge < -0.3 is 10.2 Å². The first-order chi connectivity index (χ1) is 9.69. The lowest BCUT2D eigenvalue weighted by molar-refractivity contribution is 0.585. The molecule has 0 aliphatic heterocycles. The largest absolute Gasteiger partial charge is 0.370 e. The van der Waals surface area contributed by atoms with Crippen molar-refractivity contribution in [3.05, 3.63) is 11.9 Å². The maximum Gasteiger partial charge on any atom is 0.136 e. The average Bonchev–Trinajstić information content (AvgIpc) is 3.30. The van der Waals surface area contributed by atoms with Gasteiger partial charge in [-0.15, -0.1) is 0 Å². The second-order valence-electron chi connectivity index (χ2n) is 5.75. The SMILES string of the molecule is CCCNc1cc(N(C)C(CC)CC)nc(C2CC2)n1. The summed E-state index contributed by atoms with van der Waals surface area (Å²) in [7, 11) is 2.15. The molecule has 4 heteroatoms. The predicted octanol–water partition coefficient (Wildman–Crippen LogP) is 3.80. The molecule has 1 aliphatic carbocycles. The summed E-state index contributed by atoms with van der Waals surface area (Å²) in [4.78, 5) is 11.8. The van der Waals surface area contributed by atoms with Gasteiger partial charge in [-0.05, 0) is 32.1 Å². The minimum Gasteiger partial charge on any atom is -0.370 e. The van der Waals surface area contributed by atoms with E-state index < -0.39 is 0 Å². The van der Waals surface area contributed by atoms with Gasteiger partial charge in [-0.1, -0.05) is 20.8 Å². The van der Waals surface area contributed by atoms with Crippen LogP contribution in [0.5, 0.6) is 0 Å². The zero-order valence-corrected chi connectivity index (χ0v) is 13.3. The molecule has 1 aromatic heterocycles. The van der Waals surface area contributed by atoms with E-state index in [9.17, 15) is 0 Å². The van der Waals surface area contributed by atoms with Gasteiger partial charge >= 0.3 is 0 Å². The first-order valence-electron chi connectivity index (χ1n) is 8.05. The normalized spacial score (nSPS) is 14.7. The van der Waals surface area contributed by atoms with Gasteiger partial charge in [-0.2, -0.15) is 0 Å². The lowest BCUT2D eigenvalue weighted by Gasteiger charge is -2.28. The van der Waals surface area contributed by atoms with Gasteiger partial charge in [0.2, 0.25) is 0 Å². The van der Waals surface area contributed by atoms with Crippen molar-refractivity contribution in [2.45, 2.75) is 64.8 Å². The topological polar surface area (TPSA) is 41.0 Å². The van der Waals surface area contributed by atoms with Crippen LogP contribution in [0.4, 0.5) is 11.6 Å². The molecule has 1 aromatic rings. The molecule has 1 N–H and O–H groups in total. The van der Waals surface area contributed by atoms with Crippen molar-refractivity contribution in [3.63, 3.8) is 0 Å². The lowest BCUT2D eigenvalue weighted by atomic mass is 10.1. The number of aromatic nitrogens is 2. The van der Waals surface area contributed by atoms with E-state index in [2.05, 4.69) is 49.1 Å². The Morgan fingerprint density at radius 1 is 1.25 bits per heavy atom. The molecule has 0 radical (unpaired) electrons. The Morgan fingerprint density at radius 3 is 2.50 bits per heavy atom. The van der Waals surface area contributed by atoms with Crippen molar-refractivity contribution in [2.24, 2.45) is 0 Å². The molecule has 0 spiro atoms. The first kappa shape index (κ1) is 15.1. The van der Waals surface area contributed by atoms with Crippen LogP contribution < -0.4 is 10.2 Å². The zero-order valence-electron chi connectivity index (χ0n) is 13.3. The smallest absolute Gasteiger partial charge is 0.136 e. The van der Waals surface area contributed by atoms with Gasteiger partial charge in [0.05, 0.1) is 0 Å². The Morgan fingerprint density at radius 2 is 1.95 bits per heavy atom. The van der Waals surface area contributed by atoms with Crippen LogP contribution in [0.2, 0.25) is 0 Å². The van der Waals surface area contributed by atoms with Crippen molar-refractivity contribution in [1.82, 2.24) is 9.97 Å². The summed E-state index contributed by atoms with van der Waals surface area (Å²) in [6.45, 7) is 7.62. The summed E-state index contributed by atoms with van der Waals surface area (Å²) in [5, 5.41) is 3.41. The monoisotopic (exact) mass is 276 g/mol. The third kappa shape index (κ3) is 3.62. The Kier molecular flexibility index (Phi) is 5.21. The molecular weight excluding hydrogens is 248 g/mol. The van der Waals surface area contributed by atoms with Gasteiger partial charge in [0.15, 0.2) is 0 Å². The van der Waals surface area contributed by atoms with Crippen LogP contribution >= 0.6 is 0 Å². The second-order valence-corrected chi connectivity index (χ2v) is 5.75. The van der Waals surface area contributed by atoms with E-state index in [1.54, 1.807) is 0 Å². The predicted molar refractivity (Wildman–Crippen MR) is 85.6 cm³/mol. The number of nitrogens with zero attached hydrogens (tertiary/aromatic N) is 3. The molecule has 0 bridgehead atoms. The van der Waals surface area contributed by atoms with E-state index >= 15 is 0 Å². The molecule has 1 heterocycles. The summed E-state index contributed by atoms with van der Waals surface area (Å²) < 4.78 is 0. The summed E-state index contributed by atoms with van der Waals surface area (Å²) in [6.07, 6.45) is 5.89. The Bertz CT molecular complexity index is 424. The van der Waals surface area contributed by atoms with E-state index in [1.807, 2.05) is 0 Å².